The molecule has 0 saturated carbocycles. The molecule has 3 heteroatoms. The van der Waals surface area contributed by atoms with Crippen LogP contribution in [0.2, 0.25) is 0 Å². The molecule has 0 fully saturated rings. The molecule has 1 aromatic rings. The summed E-state index contributed by atoms with van der Waals surface area (Å²) in [7, 11) is 0. The van der Waals surface area contributed by atoms with Gasteiger partial charge in [-0.1, -0.05) is 37.3 Å². The minimum Gasteiger partial charge on any atom is -0.481 e. The molecule has 1 N–H and O–H groups in total. The number of rotatable bonds is 3. The largest absolute Gasteiger partial charge is 0.481 e. The zero-order valence-corrected chi connectivity index (χ0v) is 8.25. The van der Waals surface area contributed by atoms with E-state index >= 15 is 0 Å². The van der Waals surface area contributed by atoms with Crippen LogP contribution >= 0.6 is 12.4 Å². The van der Waals surface area contributed by atoms with Gasteiger partial charge in [0.05, 0.1) is 5.92 Å². The van der Waals surface area contributed by atoms with Crippen LogP contribution < -0.4 is 0 Å². The van der Waals surface area contributed by atoms with Crippen molar-refractivity contribution in [3.05, 3.63) is 35.9 Å². The summed E-state index contributed by atoms with van der Waals surface area (Å²) in [6.45, 7) is 1.88. The second-order valence-electron chi connectivity index (χ2n) is 2.71. The van der Waals surface area contributed by atoms with Crippen molar-refractivity contribution in [2.24, 2.45) is 0 Å². The van der Waals surface area contributed by atoms with Gasteiger partial charge in [0.1, 0.15) is 0 Å². The van der Waals surface area contributed by atoms with Gasteiger partial charge in [-0.3, -0.25) is 4.79 Å². The third kappa shape index (κ3) is 3.07. The Labute approximate surface area is 84.0 Å². The average molecular weight is 201 g/mol. The summed E-state index contributed by atoms with van der Waals surface area (Å²) in [5.41, 5.74) is 0.882. The van der Waals surface area contributed by atoms with Crippen LogP contribution in [0.3, 0.4) is 0 Å². The summed E-state index contributed by atoms with van der Waals surface area (Å²) < 4.78 is 0. The summed E-state index contributed by atoms with van der Waals surface area (Å²) >= 11 is 0. The summed E-state index contributed by atoms with van der Waals surface area (Å²) in [6.07, 6.45) is 0.638. The van der Waals surface area contributed by atoms with Crippen molar-refractivity contribution in [3.63, 3.8) is 0 Å². The molecule has 1 unspecified atom stereocenters. The number of hydrogen-bond donors (Lipinski definition) is 1. The van der Waals surface area contributed by atoms with E-state index < -0.39 is 5.97 Å². The van der Waals surface area contributed by atoms with Gasteiger partial charge in [-0.15, -0.1) is 12.4 Å². The van der Waals surface area contributed by atoms with Crippen molar-refractivity contribution in [2.45, 2.75) is 19.3 Å². The molecule has 0 aliphatic carbocycles. The summed E-state index contributed by atoms with van der Waals surface area (Å²) in [4.78, 5) is 10.7. The standard InChI is InChI=1S/C10H12O2.ClH/c1-2-9(10(11)12)8-6-4-3-5-7-8;/h3-7,9H,2H2,1H3,(H,11,12);1H. The molecule has 2 nitrogen and oxygen atoms in total. The Morgan fingerprint density at radius 2 is 1.92 bits per heavy atom. The van der Waals surface area contributed by atoms with Gasteiger partial charge in [0, 0.05) is 0 Å². The molecule has 0 amide bonds. The lowest BCUT2D eigenvalue weighted by Gasteiger charge is -2.08. The van der Waals surface area contributed by atoms with Gasteiger partial charge in [0.2, 0.25) is 0 Å². The Morgan fingerprint density at radius 3 is 2.31 bits per heavy atom. The molecule has 0 saturated heterocycles. The van der Waals surface area contributed by atoms with E-state index in [0.29, 0.717) is 6.42 Å². The maximum atomic E-state index is 10.7. The number of aliphatic carboxylic acids is 1. The van der Waals surface area contributed by atoms with Crippen LogP contribution in [0.4, 0.5) is 0 Å². The van der Waals surface area contributed by atoms with E-state index in [-0.39, 0.29) is 18.3 Å². The molecule has 0 bridgehead atoms. The minimum absolute atomic E-state index is 0. The third-order valence-electron chi connectivity index (χ3n) is 1.91. The molecule has 0 spiro atoms. The van der Waals surface area contributed by atoms with E-state index in [1.54, 1.807) is 0 Å². The molecule has 1 aromatic carbocycles. The fraction of sp³-hybridized carbons (Fsp3) is 0.300. The van der Waals surface area contributed by atoms with Gasteiger partial charge in [-0.2, -0.15) is 0 Å². The fourth-order valence-corrected chi connectivity index (χ4v) is 1.24. The maximum absolute atomic E-state index is 10.7. The number of carboxylic acids is 1. The smallest absolute Gasteiger partial charge is 0.310 e. The second kappa shape index (κ2) is 5.60. The van der Waals surface area contributed by atoms with E-state index in [2.05, 4.69) is 0 Å². The number of carboxylic acid groups (broad SMARTS) is 1. The van der Waals surface area contributed by atoms with E-state index in [9.17, 15) is 4.79 Å². The highest BCUT2D eigenvalue weighted by Crippen LogP contribution is 2.18. The topological polar surface area (TPSA) is 37.3 Å². The predicted octanol–water partition coefficient (Wildman–Crippen LogP) is 2.69. The van der Waals surface area contributed by atoms with Crippen LogP contribution in [-0.2, 0) is 4.79 Å². The van der Waals surface area contributed by atoms with Crippen LogP contribution in [0, 0.1) is 0 Å². The Kier molecular flexibility index (Phi) is 5.16. The molecule has 1 atom stereocenters. The summed E-state index contributed by atoms with van der Waals surface area (Å²) in [6, 6.07) is 9.31. The average Bonchev–Trinajstić information content (AvgIpc) is 2.07. The quantitative estimate of drug-likeness (QED) is 0.815. The lowest BCUT2D eigenvalue weighted by atomic mass is 9.97. The van der Waals surface area contributed by atoms with E-state index in [1.165, 1.54) is 0 Å². The molecule has 0 radical (unpaired) electrons. The zero-order chi connectivity index (χ0) is 8.97. The SMILES string of the molecule is CCC(C(=O)O)c1ccccc1.Cl. The van der Waals surface area contributed by atoms with E-state index in [1.807, 2.05) is 37.3 Å². The van der Waals surface area contributed by atoms with Crippen LogP contribution in [-0.4, -0.2) is 11.1 Å². The van der Waals surface area contributed by atoms with Crippen molar-refractivity contribution in [3.8, 4) is 0 Å². The first-order chi connectivity index (χ1) is 5.75. The zero-order valence-electron chi connectivity index (χ0n) is 7.43. The molecule has 0 heterocycles. The van der Waals surface area contributed by atoms with Gasteiger partial charge in [0.15, 0.2) is 0 Å². The van der Waals surface area contributed by atoms with Crippen molar-refractivity contribution in [1.29, 1.82) is 0 Å². The highest BCUT2D eigenvalue weighted by molar-refractivity contribution is 5.85. The Balaban J connectivity index is 0.00000144. The summed E-state index contributed by atoms with van der Waals surface area (Å²) in [5.74, 6) is -1.10. The first-order valence-electron chi connectivity index (χ1n) is 4.03. The molecule has 13 heavy (non-hydrogen) atoms. The van der Waals surface area contributed by atoms with E-state index in [0.717, 1.165) is 5.56 Å². The van der Waals surface area contributed by atoms with Gasteiger partial charge in [-0.05, 0) is 12.0 Å². The van der Waals surface area contributed by atoms with Gasteiger partial charge in [-0.25, -0.2) is 0 Å². The van der Waals surface area contributed by atoms with Crippen LogP contribution in [0.1, 0.15) is 24.8 Å². The number of hydrogen-bond acceptors (Lipinski definition) is 1. The molecule has 72 valence electrons. The van der Waals surface area contributed by atoms with E-state index in [4.69, 9.17) is 5.11 Å². The number of benzene rings is 1. The molecule has 0 aliphatic rings. The Bertz CT molecular complexity index is 259. The Morgan fingerprint density at radius 1 is 1.38 bits per heavy atom. The molecular formula is C10H13ClO2. The van der Waals surface area contributed by atoms with Crippen molar-refractivity contribution in [2.75, 3.05) is 0 Å². The number of halogens is 1. The molecular weight excluding hydrogens is 188 g/mol. The monoisotopic (exact) mass is 200 g/mol. The Hall–Kier alpha value is -1.02. The lowest BCUT2D eigenvalue weighted by molar-refractivity contribution is -0.138. The predicted molar refractivity (Wildman–Crippen MR) is 54.4 cm³/mol. The third-order valence-corrected chi connectivity index (χ3v) is 1.91. The second-order valence-corrected chi connectivity index (χ2v) is 2.71. The van der Waals surface area contributed by atoms with Crippen LogP contribution in [0.5, 0.6) is 0 Å². The van der Waals surface area contributed by atoms with Crippen molar-refractivity contribution >= 4 is 18.4 Å². The van der Waals surface area contributed by atoms with Crippen LogP contribution in [0.25, 0.3) is 0 Å². The van der Waals surface area contributed by atoms with Gasteiger partial charge in [0.25, 0.3) is 0 Å². The van der Waals surface area contributed by atoms with Crippen molar-refractivity contribution in [1.82, 2.24) is 0 Å². The lowest BCUT2D eigenvalue weighted by Crippen LogP contribution is -2.09. The molecule has 0 aliphatic heterocycles. The van der Waals surface area contributed by atoms with Crippen molar-refractivity contribution < 1.29 is 9.90 Å². The fourth-order valence-electron chi connectivity index (χ4n) is 1.24. The summed E-state index contributed by atoms with van der Waals surface area (Å²) in [5, 5.41) is 8.83. The highest BCUT2D eigenvalue weighted by atomic mass is 35.5. The minimum atomic E-state index is -0.747. The molecule has 1 rings (SSSR count). The van der Waals surface area contributed by atoms with Crippen LogP contribution in [0.15, 0.2) is 30.3 Å². The van der Waals surface area contributed by atoms with Gasteiger partial charge < -0.3 is 5.11 Å². The highest BCUT2D eigenvalue weighted by Gasteiger charge is 2.16. The number of carbonyl (C=O) groups is 1. The first-order valence-corrected chi connectivity index (χ1v) is 4.03. The first kappa shape index (κ1) is 12.0. The molecule has 0 aromatic heterocycles. The van der Waals surface area contributed by atoms with Gasteiger partial charge >= 0.3 is 5.97 Å². The maximum Gasteiger partial charge on any atom is 0.310 e. The normalized spacial score (nSPS) is 11.5.